The van der Waals surface area contributed by atoms with Crippen LogP contribution in [0.2, 0.25) is 0 Å². The molecular formula is C30H51NO3. The molecule has 1 rings (SSSR count). The molecule has 0 aliphatic heterocycles. The van der Waals surface area contributed by atoms with Gasteiger partial charge in [0.25, 0.3) is 5.91 Å². The minimum atomic E-state index is -0.399. The summed E-state index contributed by atoms with van der Waals surface area (Å²) in [5.74, 6) is -0.170. The van der Waals surface area contributed by atoms with Crippen LogP contribution in [0.4, 0.5) is 0 Å². The Morgan fingerprint density at radius 3 is 1.62 bits per heavy atom. The van der Waals surface area contributed by atoms with Crippen molar-refractivity contribution in [1.82, 2.24) is 4.90 Å². The number of unbranched alkanes of at least 4 members (excludes halogenated alkanes) is 12. The van der Waals surface area contributed by atoms with Gasteiger partial charge in [0.2, 0.25) is 0 Å². The zero-order valence-electron chi connectivity index (χ0n) is 22.6. The Morgan fingerprint density at radius 2 is 1.15 bits per heavy atom. The van der Waals surface area contributed by atoms with Crippen LogP contribution >= 0.6 is 0 Å². The fourth-order valence-corrected chi connectivity index (χ4v) is 4.17. The average Bonchev–Trinajstić information content (AvgIpc) is 2.84. The van der Waals surface area contributed by atoms with E-state index in [1.807, 2.05) is 24.8 Å². The fraction of sp³-hybridized carbons (Fsp3) is 0.733. The summed E-state index contributed by atoms with van der Waals surface area (Å²) < 4.78 is 5.44. The first-order valence-corrected chi connectivity index (χ1v) is 14.1. The van der Waals surface area contributed by atoms with Crippen molar-refractivity contribution in [1.29, 1.82) is 0 Å². The zero-order valence-corrected chi connectivity index (χ0v) is 22.6. The van der Waals surface area contributed by atoms with Crippen molar-refractivity contribution >= 4 is 11.9 Å². The number of hydrogen-bond donors (Lipinski definition) is 0. The fourth-order valence-electron chi connectivity index (χ4n) is 4.17. The van der Waals surface area contributed by atoms with Gasteiger partial charge in [0.15, 0.2) is 0 Å². The van der Waals surface area contributed by atoms with E-state index in [0.717, 1.165) is 38.8 Å². The molecule has 34 heavy (non-hydrogen) atoms. The summed E-state index contributed by atoms with van der Waals surface area (Å²) in [6, 6.07) is 7.14. The number of carbonyl (C=O) groups excluding carboxylic acids is 2. The van der Waals surface area contributed by atoms with Gasteiger partial charge in [-0.15, -0.1) is 0 Å². The Kier molecular flexibility index (Phi) is 17.3. The monoisotopic (exact) mass is 473 g/mol. The first kappa shape index (κ1) is 30.2. The van der Waals surface area contributed by atoms with Gasteiger partial charge in [-0.2, -0.15) is 0 Å². The van der Waals surface area contributed by atoms with Gasteiger partial charge in [0.05, 0.1) is 17.7 Å². The molecule has 0 atom stereocenters. The number of esters is 1. The van der Waals surface area contributed by atoms with Gasteiger partial charge in [0.1, 0.15) is 0 Å². The summed E-state index contributed by atoms with van der Waals surface area (Å²) in [5, 5.41) is 0. The molecule has 1 aromatic carbocycles. The van der Waals surface area contributed by atoms with Crippen LogP contribution < -0.4 is 0 Å². The third-order valence-electron chi connectivity index (χ3n) is 6.28. The molecule has 0 aliphatic rings. The van der Waals surface area contributed by atoms with Crippen LogP contribution in [0.5, 0.6) is 0 Å². The molecule has 0 fully saturated rings. The summed E-state index contributed by atoms with van der Waals surface area (Å²) in [6.45, 7) is 10.4. The molecule has 0 unspecified atom stereocenters. The van der Waals surface area contributed by atoms with Crippen LogP contribution in [0.1, 0.15) is 138 Å². The van der Waals surface area contributed by atoms with Gasteiger partial charge >= 0.3 is 5.97 Å². The van der Waals surface area contributed by atoms with Crippen molar-refractivity contribution < 1.29 is 14.3 Å². The first-order valence-electron chi connectivity index (χ1n) is 14.1. The van der Waals surface area contributed by atoms with Gasteiger partial charge in [0, 0.05) is 13.1 Å². The summed E-state index contributed by atoms with van der Waals surface area (Å²) in [4.78, 5) is 28.2. The number of benzene rings is 1. The summed E-state index contributed by atoms with van der Waals surface area (Å²) >= 11 is 0. The highest BCUT2D eigenvalue weighted by Gasteiger charge is 2.22. The highest BCUT2D eigenvalue weighted by atomic mass is 16.5. The van der Waals surface area contributed by atoms with E-state index >= 15 is 0 Å². The molecule has 194 valence electrons. The lowest BCUT2D eigenvalue weighted by Crippen LogP contribution is -2.34. The van der Waals surface area contributed by atoms with Crippen molar-refractivity contribution in [2.75, 3.05) is 19.7 Å². The quantitative estimate of drug-likeness (QED) is 0.141. The molecule has 0 heterocycles. The molecule has 0 bridgehead atoms. The predicted octanol–water partition coefficient (Wildman–Crippen LogP) is 8.44. The molecular weight excluding hydrogens is 422 g/mol. The highest BCUT2D eigenvalue weighted by Crippen LogP contribution is 2.17. The summed E-state index contributed by atoms with van der Waals surface area (Å²) in [5.41, 5.74) is 0.861. The van der Waals surface area contributed by atoms with E-state index in [2.05, 4.69) is 13.8 Å². The molecule has 4 nitrogen and oxygen atoms in total. The predicted molar refractivity (Wildman–Crippen MR) is 143 cm³/mol. The second-order valence-electron chi connectivity index (χ2n) is 10.1. The van der Waals surface area contributed by atoms with Crippen LogP contribution in [0, 0.1) is 5.92 Å². The van der Waals surface area contributed by atoms with Crippen LogP contribution in [0.3, 0.4) is 0 Å². The standard InChI is InChI=1S/C30H51NO3/c1-5-7-9-11-13-15-19-23-31(24-20-16-14-12-10-8-6-2)29(32)27-21-17-18-22-28(27)30(33)34-25-26(3)4/h17-18,21-22,26H,5-16,19-20,23-25H2,1-4H3. The van der Waals surface area contributed by atoms with E-state index in [1.165, 1.54) is 64.2 Å². The lowest BCUT2D eigenvalue weighted by Gasteiger charge is -2.24. The third-order valence-corrected chi connectivity index (χ3v) is 6.28. The van der Waals surface area contributed by atoms with Crippen molar-refractivity contribution in [3.8, 4) is 0 Å². The molecule has 0 saturated carbocycles. The second-order valence-corrected chi connectivity index (χ2v) is 10.1. The topological polar surface area (TPSA) is 46.6 Å². The van der Waals surface area contributed by atoms with Crippen molar-refractivity contribution in [3.05, 3.63) is 35.4 Å². The van der Waals surface area contributed by atoms with Crippen molar-refractivity contribution in [3.63, 3.8) is 0 Å². The molecule has 1 aromatic rings. The van der Waals surface area contributed by atoms with E-state index in [4.69, 9.17) is 4.74 Å². The number of ether oxygens (including phenoxy) is 1. The van der Waals surface area contributed by atoms with Gasteiger partial charge in [-0.3, -0.25) is 4.79 Å². The van der Waals surface area contributed by atoms with Crippen LogP contribution in [-0.4, -0.2) is 36.5 Å². The normalized spacial score (nSPS) is 11.1. The van der Waals surface area contributed by atoms with Gasteiger partial charge < -0.3 is 9.64 Å². The van der Waals surface area contributed by atoms with E-state index in [9.17, 15) is 9.59 Å². The molecule has 0 aliphatic carbocycles. The van der Waals surface area contributed by atoms with Crippen molar-refractivity contribution in [2.24, 2.45) is 5.92 Å². The zero-order chi connectivity index (χ0) is 25.0. The molecule has 0 N–H and O–H groups in total. The molecule has 0 aromatic heterocycles. The molecule has 0 spiro atoms. The minimum Gasteiger partial charge on any atom is -0.462 e. The number of amides is 1. The average molecular weight is 474 g/mol. The highest BCUT2D eigenvalue weighted by molar-refractivity contribution is 6.05. The first-order chi connectivity index (χ1) is 16.5. The summed E-state index contributed by atoms with van der Waals surface area (Å²) in [7, 11) is 0. The minimum absolute atomic E-state index is 0.0333. The molecule has 0 saturated heterocycles. The number of carbonyl (C=O) groups is 2. The second kappa shape index (κ2) is 19.5. The maximum atomic E-state index is 13.5. The van der Waals surface area contributed by atoms with Gasteiger partial charge in [-0.25, -0.2) is 4.79 Å². The number of hydrogen-bond acceptors (Lipinski definition) is 3. The Labute approximate surface area is 209 Å². The van der Waals surface area contributed by atoms with Crippen LogP contribution in [0.15, 0.2) is 24.3 Å². The smallest absolute Gasteiger partial charge is 0.338 e. The molecule has 4 heteroatoms. The Morgan fingerprint density at radius 1 is 0.706 bits per heavy atom. The molecule has 0 radical (unpaired) electrons. The van der Waals surface area contributed by atoms with Gasteiger partial charge in [-0.05, 0) is 30.9 Å². The maximum Gasteiger partial charge on any atom is 0.338 e. The number of rotatable bonds is 20. The summed E-state index contributed by atoms with van der Waals surface area (Å²) in [6.07, 6.45) is 17.2. The van der Waals surface area contributed by atoms with Crippen LogP contribution in [0.25, 0.3) is 0 Å². The van der Waals surface area contributed by atoms with E-state index in [1.54, 1.807) is 18.2 Å². The van der Waals surface area contributed by atoms with E-state index < -0.39 is 5.97 Å². The number of nitrogens with zero attached hydrogens (tertiary/aromatic N) is 1. The van der Waals surface area contributed by atoms with E-state index in [-0.39, 0.29) is 11.8 Å². The maximum absolute atomic E-state index is 13.5. The van der Waals surface area contributed by atoms with Gasteiger partial charge in [-0.1, -0.05) is 117 Å². The van der Waals surface area contributed by atoms with Crippen molar-refractivity contribution in [2.45, 2.75) is 118 Å². The lowest BCUT2D eigenvalue weighted by atomic mass is 10.0. The molecule has 1 amide bonds. The Bertz CT molecular complexity index is 653. The SMILES string of the molecule is CCCCCCCCCN(CCCCCCCCC)C(=O)c1ccccc1C(=O)OCC(C)C. The van der Waals surface area contributed by atoms with Crippen LogP contribution in [-0.2, 0) is 4.74 Å². The van der Waals surface area contributed by atoms with E-state index in [0.29, 0.717) is 17.7 Å². The third kappa shape index (κ3) is 13.2. The Hall–Kier alpha value is -1.84. The lowest BCUT2D eigenvalue weighted by molar-refractivity contribution is 0.0453. The largest absolute Gasteiger partial charge is 0.462 e. The Balaban J connectivity index is 2.73.